The van der Waals surface area contributed by atoms with Crippen LogP contribution >= 0.6 is 0 Å². The highest BCUT2D eigenvalue weighted by molar-refractivity contribution is 5.91. The molecule has 1 N–H and O–H groups in total. The molecule has 0 aliphatic carbocycles. The fraction of sp³-hybridized carbons (Fsp3) is 0.429. The van der Waals surface area contributed by atoms with Crippen molar-refractivity contribution in [2.75, 3.05) is 13.7 Å². The van der Waals surface area contributed by atoms with Crippen LogP contribution < -0.4 is 9.47 Å². The summed E-state index contributed by atoms with van der Waals surface area (Å²) in [5.74, 6) is -1.16. The average Bonchev–Trinajstić information content (AvgIpc) is 2.43. The quantitative estimate of drug-likeness (QED) is 0.771. The molecule has 0 spiro atoms. The number of carbonyl (C=O) groups excluding carboxylic acids is 1. The Balaban J connectivity index is 2.99. The van der Waals surface area contributed by atoms with Crippen molar-refractivity contribution in [3.05, 3.63) is 23.8 Å². The van der Waals surface area contributed by atoms with Gasteiger partial charge in [0.15, 0.2) is 6.10 Å². The van der Waals surface area contributed by atoms with Crippen molar-refractivity contribution >= 4 is 11.9 Å². The normalized spacial score (nSPS) is 11.6. The molecule has 1 rings (SSSR count). The zero-order valence-corrected chi connectivity index (χ0v) is 11.7. The van der Waals surface area contributed by atoms with Gasteiger partial charge in [-0.05, 0) is 25.5 Å². The van der Waals surface area contributed by atoms with E-state index in [0.29, 0.717) is 12.4 Å². The van der Waals surface area contributed by atoms with Gasteiger partial charge in [-0.25, -0.2) is 9.59 Å². The number of carboxylic acids is 1. The molecule has 110 valence electrons. The van der Waals surface area contributed by atoms with E-state index in [4.69, 9.17) is 14.6 Å². The number of ether oxygens (including phenoxy) is 3. The molecule has 1 aromatic carbocycles. The van der Waals surface area contributed by atoms with Gasteiger partial charge in [-0.3, -0.25) is 0 Å². The Kier molecular flexibility index (Phi) is 5.83. The van der Waals surface area contributed by atoms with Crippen LogP contribution in [0.25, 0.3) is 0 Å². The standard InChI is InChI=1S/C14H18O6/c1-4-7-19-10-5-6-11(13(15)16)12(8-10)20-9(2)14(17)18-3/h5-6,8-9H,4,7H2,1-3H3,(H,15,16). The van der Waals surface area contributed by atoms with Crippen molar-refractivity contribution < 1.29 is 28.9 Å². The van der Waals surface area contributed by atoms with Gasteiger partial charge in [0.1, 0.15) is 17.1 Å². The molecule has 0 saturated carbocycles. The van der Waals surface area contributed by atoms with Crippen molar-refractivity contribution in [1.82, 2.24) is 0 Å². The zero-order valence-electron chi connectivity index (χ0n) is 11.7. The number of carboxylic acid groups (broad SMARTS) is 1. The van der Waals surface area contributed by atoms with Crippen LogP contribution in [0.4, 0.5) is 0 Å². The summed E-state index contributed by atoms with van der Waals surface area (Å²) in [6.07, 6.45) is -0.0744. The lowest BCUT2D eigenvalue weighted by Gasteiger charge is -2.15. The fourth-order valence-electron chi connectivity index (χ4n) is 1.49. The lowest BCUT2D eigenvalue weighted by molar-refractivity contribution is -0.147. The van der Waals surface area contributed by atoms with Gasteiger partial charge < -0.3 is 19.3 Å². The van der Waals surface area contributed by atoms with Crippen molar-refractivity contribution in [2.45, 2.75) is 26.4 Å². The van der Waals surface area contributed by atoms with Crippen LogP contribution in [0.2, 0.25) is 0 Å². The summed E-state index contributed by atoms with van der Waals surface area (Å²) in [6, 6.07) is 4.39. The van der Waals surface area contributed by atoms with Gasteiger partial charge in [-0.1, -0.05) is 6.92 Å². The van der Waals surface area contributed by atoms with Crippen LogP contribution in [0.15, 0.2) is 18.2 Å². The van der Waals surface area contributed by atoms with E-state index < -0.39 is 18.0 Å². The average molecular weight is 282 g/mol. The summed E-state index contributed by atoms with van der Waals surface area (Å²) < 4.78 is 15.3. The number of esters is 1. The molecule has 6 heteroatoms. The Morgan fingerprint density at radius 3 is 2.60 bits per heavy atom. The minimum atomic E-state index is -1.14. The Morgan fingerprint density at radius 2 is 2.05 bits per heavy atom. The molecule has 0 aliphatic heterocycles. The van der Waals surface area contributed by atoms with E-state index in [2.05, 4.69) is 4.74 Å². The van der Waals surface area contributed by atoms with Crippen LogP contribution in [0, 0.1) is 0 Å². The molecule has 0 bridgehead atoms. The molecule has 0 fully saturated rings. The van der Waals surface area contributed by atoms with Gasteiger partial charge in [0.05, 0.1) is 13.7 Å². The molecule has 0 amide bonds. The third-order valence-corrected chi connectivity index (χ3v) is 2.49. The summed E-state index contributed by atoms with van der Waals surface area (Å²) in [6.45, 7) is 3.96. The molecule has 0 aromatic heterocycles. The Morgan fingerprint density at radius 1 is 1.35 bits per heavy atom. The summed E-state index contributed by atoms with van der Waals surface area (Å²) in [5.41, 5.74) is -0.0374. The van der Waals surface area contributed by atoms with Crippen LogP contribution in [-0.4, -0.2) is 36.9 Å². The number of aromatic carboxylic acids is 1. The van der Waals surface area contributed by atoms with E-state index in [-0.39, 0.29) is 11.3 Å². The minimum absolute atomic E-state index is 0.0374. The van der Waals surface area contributed by atoms with Crippen LogP contribution in [-0.2, 0) is 9.53 Å². The highest BCUT2D eigenvalue weighted by Crippen LogP contribution is 2.26. The molecule has 20 heavy (non-hydrogen) atoms. The van der Waals surface area contributed by atoms with Gasteiger partial charge in [-0.2, -0.15) is 0 Å². The maximum Gasteiger partial charge on any atom is 0.346 e. The van der Waals surface area contributed by atoms with Gasteiger partial charge >= 0.3 is 11.9 Å². The molecule has 1 unspecified atom stereocenters. The number of rotatable bonds is 7. The van der Waals surface area contributed by atoms with Gasteiger partial charge in [0.2, 0.25) is 0 Å². The van der Waals surface area contributed by atoms with E-state index in [1.807, 2.05) is 6.92 Å². The maximum atomic E-state index is 11.3. The van der Waals surface area contributed by atoms with E-state index >= 15 is 0 Å². The molecule has 0 heterocycles. The van der Waals surface area contributed by atoms with Crippen LogP contribution in [0.3, 0.4) is 0 Å². The first-order valence-corrected chi connectivity index (χ1v) is 6.24. The number of hydrogen-bond acceptors (Lipinski definition) is 5. The number of hydrogen-bond donors (Lipinski definition) is 1. The van der Waals surface area contributed by atoms with E-state index in [9.17, 15) is 9.59 Å². The summed E-state index contributed by atoms with van der Waals surface area (Å²) >= 11 is 0. The smallest absolute Gasteiger partial charge is 0.346 e. The first-order valence-electron chi connectivity index (χ1n) is 6.24. The molecule has 1 atom stereocenters. The Labute approximate surface area is 117 Å². The SMILES string of the molecule is CCCOc1ccc(C(=O)O)c(OC(C)C(=O)OC)c1. The third-order valence-electron chi connectivity index (χ3n) is 2.49. The monoisotopic (exact) mass is 282 g/mol. The second-order valence-electron chi connectivity index (χ2n) is 4.09. The van der Waals surface area contributed by atoms with Crippen LogP contribution in [0.5, 0.6) is 11.5 Å². The maximum absolute atomic E-state index is 11.3. The van der Waals surface area contributed by atoms with E-state index in [1.54, 1.807) is 6.07 Å². The topological polar surface area (TPSA) is 82.1 Å². The predicted octanol–water partition coefficient (Wildman–Crippen LogP) is 2.11. The van der Waals surface area contributed by atoms with Crippen molar-refractivity contribution in [3.8, 4) is 11.5 Å². The van der Waals surface area contributed by atoms with Gasteiger partial charge in [0.25, 0.3) is 0 Å². The van der Waals surface area contributed by atoms with E-state index in [1.165, 1.54) is 26.2 Å². The first kappa shape index (κ1) is 15.8. The lowest BCUT2D eigenvalue weighted by Crippen LogP contribution is -2.25. The molecule has 0 aliphatic rings. The van der Waals surface area contributed by atoms with E-state index in [0.717, 1.165) is 6.42 Å². The van der Waals surface area contributed by atoms with Crippen molar-refractivity contribution in [3.63, 3.8) is 0 Å². The lowest BCUT2D eigenvalue weighted by atomic mass is 10.2. The first-order chi connectivity index (χ1) is 9.49. The van der Waals surface area contributed by atoms with Gasteiger partial charge in [-0.15, -0.1) is 0 Å². The summed E-state index contributed by atoms with van der Waals surface area (Å²) in [7, 11) is 1.24. The third kappa shape index (κ3) is 4.15. The summed E-state index contributed by atoms with van der Waals surface area (Å²) in [5, 5.41) is 9.10. The van der Waals surface area contributed by atoms with Crippen molar-refractivity contribution in [2.24, 2.45) is 0 Å². The number of carbonyl (C=O) groups is 2. The number of benzene rings is 1. The highest BCUT2D eigenvalue weighted by atomic mass is 16.6. The Hall–Kier alpha value is -2.24. The molecular weight excluding hydrogens is 264 g/mol. The van der Waals surface area contributed by atoms with Crippen LogP contribution in [0.1, 0.15) is 30.6 Å². The zero-order chi connectivity index (χ0) is 15.1. The number of methoxy groups -OCH3 is 1. The second kappa shape index (κ2) is 7.37. The molecular formula is C14H18O6. The van der Waals surface area contributed by atoms with Crippen molar-refractivity contribution in [1.29, 1.82) is 0 Å². The highest BCUT2D eigenvalue weighted by Gasteiger charge is 2.19. The fourth-order valence-corrected chi connectivity index (χ4v) is 1.49. The largest absolute Gasteiger partial charge is 0.493 e. The van der Waals surface area contributed by atoms with Gasteiger partial charge in [0, 0.05) is 6.07 Å². The Bertz CT molecular complexity index is 483. The molecule has 0 radical (unpaired) electrons. The molecule has 6 nitrogen and oxygen atoms in total. The predicted molar refractivity (Wildman–Crippen MR) is 71.3 cm³/mol. The summed E-state index contributed by atoms with van der Waals surface area (Å²) in [4.78, 5) is 22.5. The minimum Gasteiger partial charge on any atom is -0.493 e. The molecule has 1 aromatic rings. The second-order valence-corrected chi connectivity index (χ2v) is 4.09. The molecule has 0 saturated heterocycles.